The molecule has 0 atom stereocenters. The van der Waals surface area contributed by atoms with Crippen LogP contribution < -0.4 is 0 Å². The highest BCUT2D eigenvalue weighted by Gasteiger charge is 2.24. The Morgan fingerprint density at radius 3 is 1.42 bits per heavy atom. The van der Waals surface area contributed by atoms with E-state index in [1.54, 1.807) is 46.3 Å². The molecule has 2 N–H and O–H groups in total. The van der Waals surface area contributed by atoms with Crippen molar-refractivity contribution in [1.82, 2.24) is 24.8 Å². The van der Waals surface area contributed by atoms with E-state index in [0.29, 0.717) is 30.6 Å². The number of hydrogen-bond acceptors (Lipinski definition) is 11. The fraction of sp³-hybridized carbons (Fsp3) is 0.655. The van der Waals surface area contributed by atoms with Crippen molar-refractivity contribution in [3.05, 3.63) is 53.5 Å². The number of nitrogens with zero attached hydrogens (tertiary/aromatic N) is 6. The van der Waals surface area contributed by atoms with Gasteiger partial charge in [-0.2, -0.15) is 0 Å². The molecule has 43 heavy (non-hydrogen) atoms. The van der Waals surface area contributed by atoms with E-state index >= 15 is 0 Å². The lowest BCUT2D eigenvalue weighted by Crippen LogP contribution is -2.33. The molecule has 0 saturated carbocycles. The monoisotopic (exact) mass is 837 g/mol. The van der Waals surface area contributed by atoms with Crippen LogP contribution in [0.3, 0.4) is 0 Å². The van der Waals surface area contributed by atoms with Crippen LogP contribution in [0.25, 0.3) is 0 Å². The van der Waals surface area contributed by atoms with Gasteiger partial charge in [0.05, 0.1) is 52.8 Å². The van der Waals surface area contributed by atoms with Crippen LogP contribution >= 0.6 is 37.2 Å². The van der Waals surface area contributed by atoms with Gasteiger partial charge >= 0.3 is 0 Å². The zero-order valence-electron chi connectivity index (χ0n) is 26.3. The summed E-state index contributed by atoms with van der Waals surface area (Å²) in [6.07, 6.45) is 4.90. The number of aromatic nitrogens is 3. The lowest BCUT2D eigenvalue weighted by Gasteiger charge is -2.22. The van der Waals surface area contributed by atoms with E-state index in [-0.39, 0.29) is 26.5 Å². The van der Waals surface area contributed by atoms with Gasteiger partial charge in [-0.05, 0) is 55.9 Å². The van der Waals surface area contributed by atoms with Crippen molar-refractivity contribution in [2.24, 2.45) is 0 Å². The standard InChI is InChI=1S/C10H19N2O2.C9H16N2O2.C8H12N2O2.2CH4.I2/c1-10(2,13)9-11-6-8(14-9)7-12(3,4)5;1-9(2,12)8-10-5-7(13-8)6-11(3)4;1-6(11)8-9-4-7(12-8)5-10(2)3;;;1-2/h6,13H,7H2,1-5H3;5,12H,6H2,1-4H3;4H,5H2,1-3H3;2*1H4;/q+1;;;;;. The highest BCUT2D eigenvalue weighted by molar-refractivity contribution is 15.0. The quantitative estimate of drug-likeness (QED) is 0.148. The second-order valence-corrected chi connectivity index (χ2v) is 12.0. The van der Waals surface area contributed by atoms with Crippen molar-refractivity contribution in [2.75, 3.05) is 49.3 Å². The molecule has 0 aromatic carbocycles. The molecule has 0 aliphatic carbocycles. The summed E-state index contributed by atoms with van der Waals surface area (Å²) in [5.41, 5.74) is -1.99. The first kappa shape index (κ1) is 46.0. The third-order valence-corrected chi connectivity index (χ3v) is 4.58. The first-order chi connectivity index (χ1) is 18.7. The molecule has 3 heterocycles. The molecule has 0 bridgehead atoms. The molecule has 14 heteroatoms. The molecular weight excluding hydrogens is 782 g/mol. The number of carbonyl (C=O) groups is 1. The van der Waals surface area contributed by atoms with Gasteiger partial charge < -0.3 is 37.7 Å². The van der Waals surface area contributed by atoms with Crippen molar-refractivity contribution in [3.63, 3.8) is 0 Å². The highest BCUT2D eigenvalue weighted by atomic mass is 128. The van der Waals surface area contributed by atoms with Crippen LogP contribution in [0.2, 0.25) is 0 Å². The smallest absolute Gasteiger partial charge is 0.263 e. The number of ketones is 1. The predicted molar refractivity (Wildman–Crippen MR) is 188 cm³/mol. The van der Waals surface area contributed by atoms with Gasteiger partial charge in [0, 0.05) is 44.2 Å². The Labute approximate surface area is 282 Å². The molecule has 3 aromatic rings. The van der Waals surface area contributed by atoms with E-state index in [2.05, 4.69) is 73.3 Å². The van der Waals surface area contributed by atoms with Crippen molar-refractivity contribution < 1.29 is 32.7 Å². The van der Waals surface area contributed by atoms with E-state index in [9.17, 15) is 15.0 Å². The molecule has 250 valence electrons. The number of rotatable bonds is 9. The third kappa shape index (κ3) is 20.3. The van der Waals surface area contributed by atoms with E-state index in [1.807, 2.05) is 38.0 Å². The largest absolute Gasteiger partial charge is 0.441 e. The normalized spacial score (nSPS) is 11.2. The molecule has 0 radical (unpaired) electrons. The van der Waals surface area contributed by atoms with Crippen LogP contribution in [-0.4, -0.2) is 94.6 Å². The third-order valence-electron chi connectivity index (χ3n) is 4.58. The first-order valence-corrected chi connectivity index (χ1v) is 19.0. The number of Topliss-reactive ketones (excluding diaryl/α,β-unsaturated/α-hetero) is 1. The second-order valence-electron chi connectivity index (χ2n) is 12.0. The Morgan fingerprint density at radius 2 is 1.12 bits per heavy atom. The molecule has 0 fully saturated rings. The Bertz CT molecular complexity index is 1160. The number of hydrogen-bond donors (Lipinski definition) is 2. The fourth-order valence-corrected chi connectivity index (χ4v) is 2.96. The van der Waals surface area contributed by atoms with Gasteiger partial charge in [0.25, 0.3) is 5.89 Å². The molecule has 3 aromatic heterocycles. The van der Waals surface area contributed by atoms with Gasteiger partial charge in [-0.1, -0.05) is 14.9 Å². The van der Waals surface area contributed by atoms with Gasteiger partial charge in [0.15, 0.2) is 5.76 Å². The van der Waals surface area contributed by atoms with Gasteiger partial charge in [0.2, 0.25) is 17.6 Å². The molecule has 0 amide bonds. The second kappa shape index (κ2) is 20.6. The molecular formula is C29H55I2N6O6+. The van der Waals surface area contributed by atoms with Crippen molar-refractivity contribution in [2.45, 2.75) is 80.3 Å². The fourth-order valence-electron chi connectivity index (χ4n) is 2.96. The minimum Gasteiger partial charge on any atom is -0.441 e. The molecule has 0 saturated heterocycles. The van der Waals surface area contributed by atoms with E-state index in [4.69, 9.17) is 13.3 Å². The lowest BCUT2D eigenvalue weighted by molar-refractivity contribution is -0.884. The highest BCUT2D eigenvalue weighted by Crippen LogP contribution is 2.20. The van der Waals surface area contributed by atoms with Crippen molar-refractivity contribution >= 4 is 43.0 Å². The van der Waals surface area contributed by atoms with Crippen LogP contribution in [0.5, 0.6) is 0 Å². The summed E-state index contributed by atoms with van der Waals surface area (Å²) in [6, 6.07) is 0. The van der Waals surface area contributed by atoms with Gasteiger partial charge in [0.1, 0.15) is 29.3 Å². The minimum atomic E-state index is -0.997. The summed E-state index contributed by atoms with van der Waals surface area (Å²) in [4.78, 5) is 26.6. The number of oxazole rings is 3. The van der Waals surface area contributed by atoms with E-state index in [1.165, 1.54) is 6.92 Å². The van der Waals surface area contributed by atoms with Gasteiger partial charge in [-0.25, -0.2) is 15.0 Å². The predicted octanol–water partition coefficient (Wildman–Crippen LogP) is 6.05. The van der Waals surface area contributed by atoms with Crippen LogP contribution in [0.1, 0.15) is 89.2 Å². The summed E-state index contributed by atoms with van der Waals surface area (Å²) in [6.45, 7) is 10.2. The maximum atomic E-state index is 10.8. The number of quaternary nitrogens is 1. The molecule has 0 aliphatic heterocycles. The Morgan fingerprint density at radius 1 is 0.767 bits per heavy atom. The minimum absolute atomic E-state index is 0. The number of carbonyl (C=O) groups excluding carboxylic acids is 1. The molecule has 0 unspecified atom stereocenters. The Hall–Kier alpha value is -1.44. The first-order valence-electron chi connectivity index (χ1n) is 12.7. The van der Waals surface area contributed by atoms with Crippen LogP contribution in [0, 0.1) is 0 Å². The Kier molecular flexibility index (Phi) is 22.0. The maximum Gasteiger partial charge on any atom is 0.263 e. The van der Waals surface area contributed by atoms with E-state index in [0.717, 1.165) is 22.5 Å². The average Bonchev–Trinajstić information content (AvgIpc) is 3.55. The molecule has 0 aliphatic rings. The molecule has 3 rings (SSSR count). The SMILES string of the molecule is C.C.CC(=O)c1ncc(CN(C)C)o1.CC(C)(O)c1ncc(C[N+](C)(C)C)o1.CN(C)Cc1cnc(C(C)(C)O)o1.II. The average molecular weight is 838 g/mol. The van der Waals surface area contributed by atoms with Crippen molar-refractivity contribution in [1.29, 1.82) is 0 Å². The summed E-state index contributed by atoms with van der Waals surface area (Å²) in [5, 5.41) is 19.2. The maximum absolute atomic E-state index is 10.8. The summed E-state index contributed by atoms with van der Waals surface area (Å²) in [7, 11) is 14.0. The van der Waals surface area contributed by atoms with E-state index < -0.39 is 11.2 Å². The summed E-state index contributed by atoms with van der Waals surface area (Å²) >= 11 is 4.24. The zero-order valence-corrected chi connectivity index (χ0v) is 30.6. The molecule has 12 nitrogen and oxygen atoms in total. The topological polar surface area (TPSA) is 142 Å². The van der Waals surface area contributed by atoms with Crippen LogP contribution in [-0.2, 0) is 30.8 Å². The van der Waals surface area contributed by atoms with Gasteiger partial charge in [-0.15, -0.1) is 0 Å². The Balaban J connectivity index is -0.000000531. The summed E-state index contributed by atoms with van der Waals surface area (Å²) < 4.78 is 16.7. The van der Waals surface area contributed by atoms with Gasteiger partial charge in [-0.3, -0.25) is 4.79 Å². The summed E-state index contributed by atoms with van der Waals surface area (Å²) in [5.74, 6) is 3.07. The lowest BCUT2D eigenvalue weighted by atomic mass is 10.1. The van der Waals surface area contributed by atoms with Crippen LogP contribution in [0.15, 0.2) is 31.8 Å². The number of halogens is 2. The van der Waals surface area contributed by atoms with Crippen LogP contribution in [0.4, 0.5) is 0 Å². The zero-order chi connectivity index (χ0) is 32.2. The molecule has 0 spiro atoms. The number of aliphatic hydroxyl groups is 2. The van der Waals surface area contributed by atoms with Crippen molar-refractivity contribution in [3.8, 4) is 0 Å².